The molecule has 0 aromatic carbocycles. The standard InChI is InChI=1S/C11H8FNO2/c1-7-10(2-3-15-7)11(14)8-4-9(12)6-13-5-8/h2-6H,1H3. The molecule has 2 heterocycles. The molecule has 0 radical (unpaired) electrons. The molecule has 2 aromatic heterocycles. The second kappa shape index (κ2) is 3.65. The van der Waals surface area contributed by atoms with Crippen molar-refractivity contribution in [3.8, 4) is 0 Å². The molecule has 0 amide bonds. The van der Waals surface area contributed by atoms with Gasteiger partial charge in [-0.25, -0.2) is 4.39 Å². The van der Waals surface area contributed by atoms with Crippen LogP contribution >= 0.6 is 0 Å². The molecule has 0 spiro atoms. The van der Waals surface area contributed by atoms with Crippen LogP contribution in [0.1, 0.15) is 21.7 Å². The molecule has 0 aliphatic heterocycles. The Kier molecular flexibility index (Phi) is 2.33. The van der Waals surface area contributed by atoms with Crippen LogP contribution in [0.15, 0.2) is 35.2 Å². The number of ketones is 1. The number of aryl methyl sites for hydroxylation is 1. The number of nitrogens with zero attached hydrogens (tertiary/aromatic N) is 1. The Morgan fingerprint density at radius 2 is 2.27 bits per heavy atom. The van der Waals surface area contributed by atoms with Gasteiger partial charge in [0.2, 0.25) is 0 Å². The molecule has 76 valence electrons. The van der Waals surface area contributed by atoms with E-state index in [1.54, 1.807) is 13.0 Å². The molecule has 0 aliphatic carbocycles. The van der Waals surface area contributed by atoms with Gasteiger partial charge in [-0.1, -0.05) is 0 Å². The lowest BCUT2D eigenvalue weighted by Crippen LogP contribution is -2.02. The third-order valence-electron chi connectivity index (χ3n) is 2.07. The second-order valence-electron chi connectivity index (χ2n) is 3.11. The van der Waals surface area contributed by atoms with Gasteiger partial charge in [-0.2, -0.15) is 0 Å². The summed E-state index contributed by atoms with van der Waals surface area (Å²) in [5.41, 5.74) is 0.655. The zero-order valence-corrected chi connectivity index (χ0v) is 8.03. The van der Waals surface area contributed by atoms with E-state index >= 15 is 0 Å². The average Bonchev–Trinajstić information content (AvgIpc) is 2.63. The third kappa shape index (κ3) is 1.79. The van der Waals surface area contributed by atoms with Crippen LogP contribution < -0.4 is 0 Å². The Morgan fingerprint density at radius 1 is 1.47 bits per heavy atom. The van der Waals surface area contributed by atoms with E-state index in [-0.39, 0.29) is 11.3 Å². The molecule has 0 saturated carbocycles. The predicted octanol–water partition coefficient (Wildman–Crippen LogP) is 2.35. The van der Waals surface area contributed by atoms with E-state index in [0.717, 1.165) is 12.3 Å². The normalized spacial score (nSPS) is 10.3. The molecule has 2 aromatic rings. The van der Waals surface area contributed by atoms with Crippen molar-refractivity contribution in [1.82, 2.24) is 4.98 Å². The van der Waals surface area contributed by atoms with Crippen molar-refractivity contribution in [3.05, 3.63) is 53.5 Å². The van der Waals surface area contributed by atoms with Crippen molar-refractivity contribution in [2.24, 2.45) is 0 Å². The number of furan rings is 1. The Labute approximate surface area is 85.6 Å². The van der Waals surface area contributed by atoms with E-state index in [0.29, 0.717) is 11.3 Å². The van der Waals surface area contributed by atoms with Crippen molar-refractivity contribution in [2.75, 3.05) is 0 Å². The third-order valence-corrected chi connectivity index (χ3v) is 2.07. The summed E-state index contributed by atoms with van der Waals surface area (Å²) in [7, 11) is 0. The zero-order valence-electron chi connectivity index (χ0n) is 8.03. The minimum Gasteiger partial charge on any atom is -0.469 e. The zero-order chi connectivity index (χ0) is 10.8. The molecule has 15 heavy (non-hydrogen) atoms. The minimum atomic E-state index is -0.526. The number of hydrogen-bond donors (Lipinski definition) is 0. The Bertz CT molecular complexity index is 505. The highest BCUT2D eigenvalue weighted by molar-refractivity contribution is 6.09. The summed E-state index contributed by atoms with van der Waals surface area (Å²) in [6, 6.07) is 2.71. The first-order chi connectivity index (χ1) is 7.18. The Hall–Kier alpha value is -1.97. The summed E-state index contributed by atoms with van der Waals surface area (Å²) in [5.74, 6) is -0.292. The van der Waals surface area contributed by atoms with E-state index in [2.05, 4.69) is 4.98 Å². The molecule has 0 saturated heterocycles. The lowest BCUT2D eigenvalue weighted by Gasteiger charge is -1.98. The summed E-state index contributed by atoms with van der Waals surface area (Å²) in [4.78, 5) is 15.4. The molecular weight excluding hydrogens is 197 g/mol. The lowest BCUT2D eigenvalue weighted by atomic mass is 10.1. The van der Waals surface area contributed by atoms with Crippen LogP contribution in [0.4, 0.5) is 4.39 Å². The van der Waals surface area contributed by atoms with Gasteiger partial charge < -0.3 is 4.42 Å². The first-order valence-electron chi connectivity index (χ1n) is 4.38. The summed E-state index contributed by atoms with van der Waals surface area (Å²) >= 11 is 0. The number of aromatic nitrogens is 1. The predicted molar refractivity (Wildman–Crippen MR) is 51.1 cm³/mol. The highest BCUT2D eigenvalue weighted by Crippen LogP contribution is 2.14. The first-order valence-corrected chi connectivity index (χ1v) is 4.38. The second-order valence-corrected chi connectivity index (χ2v) is 3.11. The van der Waals surface area contributed by atoms with Gasteiger partial charge in [-0.15, -0.1) is 0 Å². The highest BCUT2D eigenvalue weighted by atomic mass is 19.1. The van der Waals surface area contributed by atoms with Gasteiger partial charge in [0.25, 0.3) is 0 Å². The number of halogens is 1. The minimum absolute atomic E-state index is 0.222. The quantitative estimate of drug-likeness (QED) is 0.707. The Morgan fingerprint density at radius 3 is 2.87 bits per heavy atom. The highest BCUT2D eigenvalue weighted by Gasteiger charge is 2.14. The maximum atomic E-state index is 12.8. The number of carbonyl (C=O) groups excluding carboxylic acids is 1. The topological polar surface area (TPSA) is 43.1 Å². The van der Waals surface area contributed by atoms with Gasteiger partial charge >= 0.3 is 0 Å². The molecule has 0 bridgehead atoms. The molecule has 0 N–H and O–H groups in total. The maximum absolute atomic E-state index is 12.8. The van der Waals surface area contributed by atoms with Crippen molar-refractivity contribution in [3.63, 3.8) is 0 Å². The largest absolute Gasteiger partial charge is 0.469 e. The van der Waals surface area contributed by atoms with Crippen LogP contribution in [0.2, 0.25) is 0 Å². The average molecular weight is 205 g/mol. The Balaban J connectivity index is 2.41. The van der Waals surface area contributed by atoms with E-state index < -0.39 is 5.82 Å². The SMILES string of the molecule is Cc1occc1C(=O)c1cncc(F)c1. The van der Waals surface area contributed by atoms with Crippen LogP contribution in [-0.2, 0) is 0 Å². The molecule has 4 heteroatoms. The van der Waals surface area contributed by atoms with Crippen LogP contribution in [0.5, 0.6) is 0 Å². The molecule has 3 nitrogen and oxygen atoms in total. The van der Waals surface area contributed by atoms with Crippen molar-refractivity contribution < 1.29 is 13.6 Å². The first kappa shape index (κ1) is 9.58. The van der Waals surface area contributed by atoms with Crippen LogP contribution in [0, 0.1) is 12.7 Å². The fraction of sp³-hybridized carbons (Fsp3) is 0.0909. The molecule has 0 atom stereocenters. The summed E-state index contributed by atoms with van der Waals surface area (Å²) < 4.78 is 17.8. The van der Waals surface area contributed by atoms with Gasteiger partial charge in [0.1, 0.15) is 11.6 Å². The van der Waals surface area contributed by atoms with Gasteiger partial charge in [-0.05, 0) is 19.1 Å². The molecular formula is C11H8FNO2. The van der Waals surface area contributed by atoms with Gasteiger partial charge in [0.05, 0.1) is 18.0 Å². The monoisotopic (exact) mass is 205 g/mol. The maximum Gasteiger partial charge on any atom is 0.198 e. The fourth-order valence-corrected chi connectivity index (χ4v) is 1.31. The lowest BCUT2D eigenvalue weighted by molar-refractivity contribution is 0.103. The number of rotatable bonds is 2. The number of carbonyl (C=O) groups is 1. The van der Waals surface area contributed by atoms with E-state index in [1.165, 1.54) is 12.5 Å². The van der Waals surface area contributed by atoms with Crippen LogP contribution in [-0.4, -0.2) is 10.8 Å². The number of hydrogen-bond acceptors (Lipinski definition) is 3. The van der Waals surface area contributed by atoms with Gasteiger partial charge in [0, 0.05) is 11.8 Å². The smallest absolute Gasteiger partial charge is 0.198 e. The van der Waals surface area contributed by atoms with Crippen molar-refractivity contribution in [2.45, 2.75) is 6.92 Å². The molecule has 0 unspecified atom stereocenters. The van der Waals surface area contributed by atoms with Crippen LogP contribution in [0.3, 0.4) is 0 Å². The van der Waals surface area contributed by atoms with Crippen LogP contribution in [0.25, 0.3) is 0 Å². The number of pyridine rings is 1. The van der Waals surface area contributed by atoms with E-state index in [1.807, 2.05) is 0 Å². The molecule has 0 fully saturated rings. The summed E-state index contributed by atoms with van der Waals surface area (Å²) in [5, 5.41) is 0. The van der Waals surface area contributed by atoms with Crippen molar-refractivity contribution in [1.29, 1.82) is 0 Å². The molecule has 0 aliphatic rings. The fourth-order valence-electron chi connectivity index (χ4n) is 1.31. The van der Waals surface area contributed by atoms with Gasteiger partial charge in [0.15, 0.2) is 5.78 Å². The van der Waals surface area contributed by atoms with E-state index in [4.69, 9.17) is 4.42 Å². The molecule has 2 rings (SSSR count). The summed E-state index contributed by atoms with van der Waals surface area (Å²) in [6.45, 7) is 1.68. The van der Waals surface area contributed by atoms with Gasteiger partial charge in [-0.3, -0.25) is 9.78 Å². The van der Waals surface area contributed by atoms with E-state index in [9.17, 15) is 9.18 Å². The summed E-state index contributed by atoms with van der Waals surface area (Å²) in [6.07, 6.45) is 3.81. The van der Waals surface area contributed by atoms with Crippen molar-refractivity contribution >= 4 is 5.78 Å².